The molecule has 1 aliphatic rings. The highest BCUT2D eigenvalue weighted by molar-refractivity contribution is 5.78. The Morgan fingerprint density at radius 1 is 0.871 bits per heavy atom. The van der Waals surface area contributed by atoms with Crippen LogP contribution in [0, 0.1) is 0 Å². The van der Waals surface area contributed by atoms with Crippen molar-refractivity contribution in [3.63, 3.8) is 0 Å². The Bertz CT molecular complexity index is 965. The molecule has 2 heterocycles. The summed E-state index contributed by atoms with van der Waals surface area (Å²) < 4.78 is 39.4. The lowest BCUT2D eigenvalue weighted by Gasteiger charge is -2.35. The number of rotatable bonds is 6. The number of hydrogen-bond acceptors (Lipinski definition) is 3. The number of carbonyl (C=O) groups excluding carboxylic acids is 2. The van der Waals surface area contributed by atoms with Crippen LogP contribution >= 0.6 is 0 Å². The maximum Gasteiger partial charge on any atom is 0.421 e. The normalized spacial score (nSPS) is 14.5. The minimum atomic E-state index is -4.77. The lowest BCUT2D eigenvalue weighted by molar-refractivity contribution is -0.141. The number of alkyl halides is 3. The predicted molar refractivity (Wildman–Crippen MR) is 108 cm³/mol. The number of halogens is 3. The summed E-state index contributed by atoms with van der Waals surface area (Å²) in [4.78, 5) is 40.0. The third-order valence-corrected chi connectivity index (χ3v) is 5.32. The van der Waals surface area contributed by atoms with Gasteiger partial charge in [0.25, 0.3) is 5.56 Å². The summed E-state index contributed by atoms with van der Waals surface area (Å²) in [7, 11) is 0. The molecule has 0 saturated carbocycles. The van der Waals surface area contributed by atoms with Crippen LogP contribution in [0.5, 0.6) is 0 Å². The van der Waals surface area contributed by atoms with Gasteiger partial charge in [0.05, 0.1) is 0 Å². The number of amides is 2. The van der Waals surface area contributed by atoms with E-state index >= 15 is 0 Å². The van der Waals surface area contributed by atoms with Crippen molar-refractivity contribution >= 4 is 11.8 Å². The van der Waals surface area contributed by atoms with Crippen molar-refractivity contribution in [2.45, 2.75) is 32.0 Å². The first-order valence-electron chi connectivity index (χ1n) is 10.1. The molecule has 0 spiro atoms. The topological polar surface area (TPSA) is 62.6 Å². The Kier molecular flexibility index (Phi) is 7.14. The van der Waals surface area contributed by atoms with E-state index in [1.54, 1.807) is 4.90 Å². The van der Waals surface area contributed by atoms with Crippen LogP contribution in [0.3, 0.4) is 0 Å². The van der Waals surface area contributed by atoms with Gasteiger partial charge in [-0.2, -0.15) is 13.2 Å². The van der Waals surface area contributed by atoms with E-state index in [0.29, 0.717) is 25.6 Å². The second kappa shape index (κ2) is 9.80. The first-order valence-corrected chi connectivity index (χ1v) is 10.1. The van der Waals surface area contributed by atoms with Crippen molar-refractivity contribution in [2.24, 2.45) is 0 Å². The van der Waals surface area contributed by atoms with Gasteiger partial charge in [0.15, 0.2) is 0 Å². The fraction of sp³-hybridized carbons (Fsp3) is 0.409. The van der Waals surface area contributed by atoms with E-state index in [-0.39, 0.29) is 19.0 Å². The Balaban J connectivity index is 1.48. The van der Waals surface area contributed by atoms with Gasteiger partial charge < -0.3 is 14.4 Å². The second-order valence-corrected chi connectivity index (χ2v) is 7.45. The summed E-state index contributed by atoms with van der Waals surface area (Å²) in [5.74, 6) is -0.422. The van der Waals surface area contributed by atoms with Crippen LogP contribution in [0.4, 0.5) is 13.2 Å². The molecule has 2 aromatic rings. The number of nitrogens with zero attached hydrogens (tertiary/aromatic N) is 3. The summed E-state index contributed by atoms with van der Waals surface area (Å²) in [6, 6.07) is 11.7. The van der Waals surface area contributed by atoms with E-state index in [0.717, 1.165) is 23.5 Å². The first-order chi connectivity index (χ1) is 14.8. The minimum absolute atomic E-state index is 0.0251. The molecule has 6 nitrogen and oxygen atoms in total. The maximum absolute atomic E-state index is 12.9. The van der Waals surface area contributed by atoms with E-state index in [4.69, 9.17) is 0 Å². The third-order valence-electron chi connectivity index (χ3n) is 5.32. The number of pyridine rings is 1. The standard InChI is InChI=1S/C22H24F3N3O3/c23-22(24,25)18-9-5-11-28(21(18)31)16-20(30)27-14-12-26(13-15-27)19(29)10-4-8-17-6-2-1-3-7-17/h1-3,5-7,9,11H,4,8,10,12-16H2. The Hall–Kier alpha value is -3.10. The molecule has 1 aromatic heterocycles. The van der Waals surface area contributed by atoms with Gasteiger partial charge in [-0.3, -0.25) is 14.4 Å². The van der Waals surface area contributed by atoms with Crippen LogP contribution in [0.2, 0.25) is 0 Å². The Morgan fingerprint density at radius 2 is 1.48 bits per heavy atom. The zero-order chi connectivity index (χ0) is 22.4. The summed E-state index contributed by atoms with van der Waals surface area (Å²) in [5, 5.41) is 0. The van der Waals surface area contributed by atoms with Crippen molar-refractivity contribution in [3.8, 4) is 0 Å². The van der Waals surface area contributed by atoms with Gasteiger partial charge in [-0.25, -0.2) is 0 Å². The molecular formula is C22H24F3N3O3. The fourth-order valence-corrected chi connectivity index (χ4v) is 3.57. The van der Waals surface area contributed by atoms with Gasteiger partial charge in [-0.15, -0.1) is 0 Å². The Labute approximate surface area is 177 Å². The lowest BCUT2D eigenvalue weighted by atomic mass is 10.1. The summed E-state index contributed by atoms with van der Waals surface area (Å²) in [6.45, 7) is 0.850. The van der Waals surface area contributed by atoms with Crippen LogP contribution in [-0.4, -0.2) is 52.4 Å². The quantitative estimate of drug-likeness (QED) is 0.701. The van der Waals surface area contributed by atoms with Crippen LogP contribution < -0.4 is 5.56 Å². The average molecular weight is 435 g/mol. The van der Waals surface area contributed by atoms with Crippen LogP contribution in [0.15, 0.2) is 53.5 Å². The van der Waals surface area contributed by atoms with Crippen molar-refractivity contribution in [2.75, 3.05) is 26.2 Å². The van der Waals surface area contributed by atoms with Crippen molar-refractivity contribution in [1.29, 1.82) is 0 Å². The maximum atomic E-state index is 12.9. The van der Waals surface area contributed by atoms with Crippen LogP contribution in [0.1, 0.15) is 24.0 Å². The molecule has 2 amide bonds. The van der Waals surface area contributed by atoms with Gasteiger partial charge in [0, 0.05) is 38.8 Å². The minimum Gasteiger partial charge on any atom is -0.339 e. The molecule has 0 N–H and O–H groups in total. The largest absolute Gasteiger partial charge is 0.421 e. The number of benzene rings is 1. The number of hydrogen-bond donors (Lipinski definition) is 0. The monoisotopic (exact) mass is 435 g/mol. The average Bonchev–Trinajstić information content (AvgIpc) is 2.75. The predicted octanol–water partition coefficient (Wildman–Crippen LogP) is 2.56. The number of aromatic nitrogens is 1. The fourth-order valence-electron chi connectivity index (χ4n) is 3.57. The van der Waals surface area contributed by atoms with Gasteiger partial charge in [-0.1, -0.05) is 30.3 Å². The van der Waals surface area contributed by atoms with Crippen molar-refractivity contribution in [3.05, 3.63) is 70.1 Å². The van der Waals surface area contributed by atoms with Gasteiger partial charge in [0.2, 0.25) is 11.8 Å². The molecule has 0 unspecified atom stereocenters. The molecule has 1 aliphatic heterocycles. The highest BCUT2D eigenvalue weighted by Crippen LogP contribution is 2.26. The highest BCUT2D eigenvalue weighted by atomic mass is 19.4. The molecular weight excluding hydrogens is 411 g/mol. The van der Waals surface area contributed by atoms with E-state index in [9.17, 15) is 27.6 Å². The molecule has 166 valence electrons. The molecule has 31 heavy (non-hydrogen) atoms. The zero-order valence-corrected chi connectivity index (χ0v) is 17.0. The molecule has 9 heteroatoms. The van der Waals surface area contributed by atoms with Gasteiger partial charge in [-0.05, 0) is 30.5 Å². The van der Waals surface area contributed by atoms with E-state index in [2.05, 4.69) is 0 Å². The van der Waals surface area contributed by atoms with E-state index in [1.807, 2.05) is 30.3 Å². The number of carbonyl (C=O) groups is 2. The molecule has 0 radical (unpaired) electrons. The SMILES string of the molecule is O=C(CCCc1ccccc1)N1CCN(C(=O)Cn2cccc(C(F)(F)F)c2=O)CC1. The molecule has 1 fully saturated rings. The van der Waals surface area contributed by atoms with Crippen LogP contribution in [0.25, 0.3) is 0 Å². The highest BCUT2D eigenvalue weighted by Gasteiger charge is 2.34. The van der Waals surface area contributed by atoms with E-state index < -0.39 is 29.8 Å². The van der Waals surface area contributed by atoms with Crippen molar-refractivity contribution in [1.82, 2.24) is 14.4 Å². The molecule has 1 aromatic carbocycles. The molecule has 3 rings (SSSR count). The van der Waals surface area contributed by atoms with E-state index in [1.165, 1.54) is 16.7 Å². The smallest absolute Gasteiger partial charge is 0.339 e. The zero-order valence-electron chi connectivity index (χ0n) is 17.0. The lowest BCUT2D eigenvalue weighted by Crippen LogP contribution is -2.51. The van der Waals surface area contributed by atoms with Gasteiger partial charge >= 0.3 is 6.18 Å². The molecule has 1 saturated heterocycles. The van der Waals surface area contributed by atoms with Crippen LogP contribution in [-0.2, 0) is 28.7 Å². The second-order valence-electron chi connectivity index (χ2n) is 7.45. The summed E-state index contributed by atoms with van der Waals surface area (Å²) >= 11 is 0. The number of piperazine rings is 1. The third kappa shape index (κ3) is 5.96. The molecule has 0 atom stereocenters. The van der Waals surface area contributed by atoms with Crippen molar-refractivity contribution < 1.29 is 22.8 Å². The summed E-state index contributed by atoms with van der Waals surface area (Å²) in [5.41, 5.74) is -1.36. The summed E-state index contributed by atoms with van der Waals surface area (Å²) in [6.07, 6.45) is -1.63. The van der Waals surface area contributed by atoms with Gasteiger partial charge in [0.1, 0.15) is 12.1 Å². The Morgan fingerprint density at radius 3 is 2.10 bits per heavy atom. The first kappa shape index (κ1) is 22.6. The molecule has 0 bridgehead atoms. The number of aryl methyl sites for hydroxylation is 1. The molecule has 0 aliphatic carbocycles.